The largest absolute Gasteiger partial charge is 0.462 e. The van der Waals surface area contributed by atoms with E-state index in [0.29, 0.717) is 22.5 Å². The fourth-order valence-corrected chi connectivity index (χ4v) is 6.36. The third-order valence-corrected chi connectivity index (χ3v) is 8.02. The minimum absolute atomic E-state index is 0.181. The molecule has 0 unspecified atom stereocenters. The first-order valence-corrected chi connectivity index (χ1v) is 12.8. The monoisotopic (exact) mass is 484 g/mol. The summed E-state index contributed by atoms with van der Waals surface area (Å²) in [7, 11) is 2.13. The number of anilines is 2. The highest BCUT2D eigenvalue weighted by atomic mass is 32.1. The van der Waals surface area contributed by atoms with Crippen molar-refractivity contribution >= 4 is 33.9 Å². The molecule has 1 saturated heterocycles. The van der Waals surface area contributed by atoms with Crippen LogP contribution in [0.3, 0.4) is 0 Å². The summed E-state index contributed by atoms with van der Waals surface area (Å²) >= 11 is 1.46. The lowest BCUT2D eigenvalue weighted by Crippen LogP contribution is -2.55. The number of carbonyl (C=O) groups is 2. The SMILES string of the molecule is CCOC(=O)c1c(NC(=O)c2ccc(N3CCN(C)CC3)cc2)sc2c1CC(C)(C)NC2(C)C. The van der Waals surface area contributed by atoms with Gasteiger partial charge in [0.25, 0.3) is 5.91 Å². The van der Waals surface area contributed by atoms with Crippen LogP contribution in [0.25, 0.3) is 0 Å². The number of piperazine rings is 1. The van der Waals surface area contributed by atoms with E-state index in [4.69, 9.17) is 4.74 Å². The van der Waals surface area contributed by atoms with Gasteiger partial charge in [0, 0.05) is 53.4 Å². The number of thiophene rings is 1. The van der Waals surface area contributed by atoms with Crippen LogP contribution >= 0.6 is 11.3 Å². The predicted octanol–water partition coefficient (Wildman–Crippen LogP) is 4.09. The Hall–Kier alpha value is -2.42. The van der Waals surface area contributed by atoms with Crippen LogP contribution in [0, 0.1) is 0 Å². The highest BCUT2D eigenvalue weighted by Crippen LogP contribution is 2.45. The van der Waals surface area contributed by atoms with Crippen LogP contribution < -0.4 is 15.5 Å². The molecule has 1 aromatic carbocycles. The van der Waals surface area contributed by atoms with E-state index in [0.717, 1.165) is 42.3 Å². The zero-order chi connectivity index (χ0) is 24.7. The second-order valence-corrected chi connectivity index (χ2v) is 11.5. The second kappa shape index (κ2) is 9.32. The molecular weight excluding hydrogens is 448 g/mol. The summed E-state index contributed by atoms with van der Waals surface area (Å²) in [4.78, 5) is 31.9. The third kappa shape index (κ3) is 4.99. The Morgan fingerprint density at radius 3 is 2.35 bits per heavy atom. The molecule has 0 radical (unpaired) electrons. The van der Waals surface area contributed by atoms with Crippen LogP contribution in [0.1, 0.15) is 65.8 Å². The molecule has 0 saturated carbocycles. The minimum atomic E-state index is -0.380. The Balaban J connectivity index is 1.60. The maximum atomic E-state index is 13.2. The molecule has 184 valence electrons. The molecule has 2 aliphatic heterocycles. The van der Waals surface area contributed by atoms with Crippen LogP contribution in [0.4, 0.5) is 10.7 Å². The number of esters is 1. The van der Waals surface area contributed by atoms with Crippen LogP contribution in [-0.4, -0.2) is 62.1 Å². The predicted molar refractivity (Wildman–Crippen MR) is 138 cm³/mol. The van der Waals surface area contributed by atoms with Crippen molar-refractivity contribution in [1.82, 2.24) is 10.2 Å². The number of carbonyl (C=O) groups excluding carboxylic acids is 2. The molecule has 1 fully saturated rings. The quantitative estimate of drug-likeness (QED) is 0.623. The van der Waals surface area contributed by atoms with E-state index in [1.54, 1.807) is 6.92 Å². The van der Waals surface area contributed by atoms with Gasteiger partial charge in [0.05, 0.1) is 12.2 Å². The summed E-state index contributed by atoms with van der Waals surface area (Å²) in [6, 6.07) is 7.72. The molecular formula is C26H36N4O3S. The van der Waals surface area contributed by atoms with Crippen molar-refractivity contribution in [1.29, 1.82) is 0 Å². The van der Waals surface area contributed by atoms with Crippen molar-refractivity contribution < 1.29 is 14.3 Å². The van der Waals surface area contributed by atoms with Crippen molar-refractivity contribution in [2.75, 3.05) is 50.1 Å². The van der Waals surface area contributed by atoms with E-state index in [1.165, 1.54) is 11.3 Å². The smallest absolute Gasteiger partial charge is 0.341 e. The third-order valence-electron chi connectivity index (χ3n) is 6.55. The number of nitrogens with zero attached hydrogens (tertiary/aromatic N) is 2. The van der Waals surface area contributed by atoms with Crippen LogP contribution in [0.2, 0.25) is 0 Å². The van der Waals surface area contributed by atoms with Gasteiger partial charge >= 0.3 is 5.97 Å². The molecule has 34 heavy (non-hydrogen) atoms. The van der Waals surface area contributed by atoms with Gasteiger partial charge in [-0.25, -0.2) is 4.79 Å². The van der Waals surface area contributed by atoms with E-state index >= 15 is 0 Å². The summed E-state index contributed by atoms with van der Waals surface area (Å²) in [5, 5.41) is 7.25. The first-order valence-electron chi connectivity index (χ1n) is 12.0. The Kier molecular flexibility index (Phi) is 6.77. The highest BCUT2D eigenvalue weighted by molar-refractivity contribution is 7.17. The molecule has 3 heterocycles. The van der Waals surface area contributed by atoms with Crippen molar-refractivity contribution in [3.05, 3.63) is 45.8 Å². The summed E-state index contributed by atoms with van der Waals surface area (Å²) in [5.41, 5.74) is 2.65. The van der Waals surface area contributed by atoms with Crippen LogP contribution in [0.15, 0.2) is 24.3 Å². The number of ether oxygens (including phenoxy) is 1. The van der Waals surface area contributed by atoms with Crippen molar-refractivity contribution in [2.24, 2.45) is 0 Å². The van der Waals surface area contributed by atoms with Gasteiger partial charge in [0.15, 0.2) is 0 Å². The average Bonchev–Trinajstić information content (AvgIpc) is 3.11. The number of rotatable bonds is 5. The number of nitrogens with one attached hydrogen (secondary N) is 2. The van der Waals surface area contributed by atoms with Gasteiger partial charge in [0.2, 0.25) is 0 Å². The Bertz CT molecular complexity index is 1070. The molecule has 7 nitrogen and oxygen atoms in total. The number of amides is 1. The Morgan fingerprint density at radius 1 is 1.09 bits per heavy atom. The van der Waals surface area contributed by atoms with Gasteiger partial charge in [-0.15, -0.1) is 11.3 Å². The van der Waals surface area contributed by atoms with Crippen LogP contribution in [-0.2, 0) is 16.7 Å². The van der Waals surface area contributed by atoms with E-state index in [1.807, 2.05) is 24.3 Å². The maximum Gasteiger partial charge on any atom is 0.341 e. The first-order chi connectivity index (χ1) is 16.0. The maximum absolute atomic E-state index is 13.2. The van der Waals surface area contributed by atoms with Crippen molar-refractivity contribution in [2.45, 2.75) is 52.1 Å². The molecule has 0 bridgehead atoms. The number of likely N-dealkylation sites (N-methyl/N-ethyl adjacent to an activating group) is 1. The zero-order valence-electron chi connectivity index (χ0n) is 21.1. The number of fused-ring (bicyclic) bond motifs is 1. The standard InChI is InChI=1S/C26H36N4O3S/c1-7-33-24(32)20-19-16-25(2,3)28-26(4,5)21(19)34-23(20)27-22(31)17-8-10-18(11-9-17)30-14-12-29(6)13-15-30/h8-11,28H,7,12-16H2,1-6H3,(H,27,31). The fourth-order valence-electron chi connectivity index (χ4n) is 5.10. The topological polar surface area (TPSA) is 73.9 Å². The molecule has 4 rings (SSSR count). The zero-order valence-corrected chi connectivity index (χ0v) is 21.9. The normalized spacial score (nSPS) is 19.4. The Morgan fingerprint density at radius 2 is 1.74 bits per heavy atom. The van der Waals surface area contributed by atoms with Gasteiger partial charge in [-0.1, -0.05) is 0 Å². The molecule has 1 amide bonds. The second-order valence-electron chi connectivity index (χ2n) is 10.4. The Labute approximate surface area is 206 Å². The summed E-state index contributed by atoms with van der Waals surface area (Å²) < 4.78 is 5.39. The highest BCUT2D eigenvalue weighted by Gasteiger charge is 2.42. The summed E-state index contributed by atoms with van der Waals surface area (Å²) in [6.07, 6.45) is 0.687. The van der Waals surface area contributed by atoms with Gasteiger partial charge in [-0.2, -0.15) is 0 Å². The van der Waals surface area contributed by atoms with Crippen LogP contribution in [0.5, 0.6) is 0 Å². The van der Waals surface area contributed by atoms with E-state index in [-0.39, 0.29) is 29.6 Å². The molecule has 0 aliphatic carbocycles. The molecule has 2 N–H and O–H groups in total. The van der Waals surface area contributed by atoms with Gasteiger partial charge in [-0.3, -0.25) is 4.79 Å². The van der Waals surface area contributed by atoms with E-state index in [2.05, 4.69) is 55.2 Å². The summed E-state index contributed by atoms with van der Waals surface area (Å²) in [5.74, 6) is -0.603. The number of hydrogen-bond donors (Lipinski definition) is 2. The van der Waals surface area contributed by atoms with Gasteiger partial charge in [0.1, 0.15) is 5.00 Å². The van der Waals surface area contributed by atoms with E-state index < -0.39 is 0 Å². The lowest BCUT2D eigenvalue weighted by molar-refractivity contribution is 0.0525. The van der Waals surface area contributed by atoms with Gasteiger partial charge in [-0.05, 0) is 77.9 Å². The molecule has 8 heteroatoms. The average molecular weight is 485 g/mol. The lowest BCUT2D eigenvalue weighted by atomic mass is 9.81. The molecule has 0 atom stereocenters. The van der Waals surface area contributed by atoms with Gasteiger partial charge < -0.3 is 25.2 Å². The van der Waals surface area contributed by atoms with E-state index in [9.17, 15) is 9.59 Å². The number of hydrogen-bond acceptors (Lipinski definition) is 7. The molecule has 2 aromatic rings. The molecule has 2 aliphatic rings. The first kappa shape index (κ1) is 24.7. The fraction of sp³-hybridized carbons (Fsp3) is 0.538. The number of benzene rings is 1. The molecule has 1 aromatic heterocycles. The van der Waals surface area contributed by atoms with Crippen molar-refractivity contribution in [3.63, 3.8) is 0 Å². The van der Waals surface area contributed by atoms with Crippen molar-refractivity contribution in [3.8, 4) is 0 Å². The lowest BCUT2D eigenvalue weighted by Gasteiger charge is -2.42. The minimum Gasteiger partial charge on any atom is -0.462 e. The summed E-state index contributed by atoms with van der Waals surface area (Å²) in [6.45, 7) is 14.6. The molecule has 0 spiro atoms.